The molecule has 0 unspecified atom stereocenters. The van der Waals surface area contributed by atoms with Gasteiger partial charge in [0.2, 0.25) is 15.9 Å². The van der Waals surface area contributed by atoms with Crippen molar-refractivity contribution in [2.24, 2.45) is 0 Å². The number of benzene rings is 2. The maximum Gasteiger partial charge on any atom is 0.287 e. The average Bonchev–Trinajstić information content (AvgIpc) is 3.33. The van der Waals surface area contributed by atoms with Crippen LogP contribution >= 0.6 is 0 Å². The van der Waals surface area contributed by atoms with Crippen molar-refractivity contribution in [3.63, 3.8) is 0 Å². The van der Waals surface area contributed by atoms with Crippen molar-refractivity contribution < 1.29 is 18.0 Å². The van der Waals surface area contributed by atoms with E-state index in [1.807, 2.05) is 36.4 Å². The monoisotopic (exact) mass is 467 g/mol. The molecule has 2 amide bonds. The van der Waals surface area contributed by atoms with Crippen LogP contribution in [0.2, 0.25) is 0 Å². The van der Waals surface area contributed by atoms with Gasteiger partial charge < -0.3 is 0 Å². The molecule has 172 valence electrons. The molecule has 2 aromatic carbocycles. The van der Waals surface area contributed by atoms with Crippen LogP contribution in [0.4, 0.5) is 0 Å². The fourth-order valence-electron chi connectivity index (χ4n) is 3.71. The van der Waals surface area contributed by atoms with E-state index in [0.29, 0.717) is 5.69 Å². The van der Waals surface area contributed by atoms with E-state index in [2.05, 4.69) is 25.8 Å². The van der Waals surface area contributed by atoms with Gasteiger partial charge in [-0.05, 0) is 55.0 Å². The molecule has 4 N–H and O–H groups in total. The minimum absolute atomic E-state index is 0.0939. The van der Waals surface area contributed by atoms with Gasteiger partial charge in [-0.15, -0.1) is 0 Å². The van der Waals surface area contributed by atoms with Gasteiger partial charge in [-0.25, -0.2) is 13.1 Å². The third-order valence-corrected chi connectivity index (χ3v) is 6.94. The van der Waals surface area contributed by atoms with Gasteiger partial charge in [-0.1, -0.05) is 36.4 Å². The van der Waals surface area contributed by atoms with Crippen LogP contribution in [-0.4, -0.2) is 37.0 Å². The van der Waals surface area contributed by atoms with Gasteiger partial charge in [-0.3, -0.25) is 25.5 Å². The topological polar surface area (TPSA) is 133 Å². The van der Waals surface area contributed by atoms with Gasteiger partial charge in [0.1, 0.15) is 5.69 Å². The summed E-state index contributed by atoms with van der Waals surface area (Å²) in [6, 6.07) is 16.1. The maximum absolute atomic E-state index is 12.5. The summed E-state index contributed by atoms with van der Waals surface area (Å²) in [5.74, 6) is -1.09. The molecule has 10 heteroatoms. The molecule has 1 aliphatic rings. The van der Waals surface area contributed by atoms with Crippen molar-refractivity contribution in [1.82, 2.24) is 25.8 Å². The van der Waals surface area contributed by atoms with Crippen LogP contribution in [0.25, 0.3) is 11.3 Å². The smallest absolute Gasteiger partial charge is 0.273 e. The number of H-pyrrole nitrogens is 1. The number of hydrogen-bond acceptors (Lipinski definition) is 5. The van der Waals surface area contributed by atoms with E-state index in [1.165, 1.54) is 5.56 Å². The SMILES string of the molecule is O=C(CCNS(=O)(=O)c1ccc2c(c1)CCCC2)NNC(=O)c1cc(-c2ccccc2)n[nH]1. The molecule has 0 bridgehead atoms. The Morgan fingerprint density at radius 1 is 0.939 bits per heavy atom. The Kier molecular flexibility index (Phi) is 6.85. The molecule has 1 aromatic heterocycles. The summed E-state index contributed by atoms with van der Waals surface area (Å²) >= 11 is 0. The van der Waals surface area contributed by atoms with Crippen molar-refractivity contribution >= 4 is 21.8 Å². The first-order valence-corrected chi connectivity index (χ1v) is 12.2. The van der Waals surface area contributed by atoms with Crippen molar-refractivity contribution in [3.8, 4) is 11.3 Å². The second kappa shape index (κ2) is 9.97. The van der Waals surface area contributed by atoms with E-state index in [-0.39, 0.29) is 23.6 Å². The fraction of sp³-hybridized carbons (Fsp3) is 0.261. The number of nitrogens with zero attached hydrogens (tertiary/aromatic N) is 1. The second-order valence-corrected chi connectivity index (χ2v) is 9.59. The molecule has 3 aromatic rings. The zero-order valence-corrected chi connectivity index (χ0v) is 18.7. The fourth-order valence-corrected chi connectivity index (χ4v) is 4.79. The highest BCUT2D eigenvalue weighted by molar-refractivity contribution is 7.89. The zero-order valence-electron chi connectivity index (χ0n) is 17.9. The van der Waals surface area contributed by atoms with Crippen LogP contribution < -0.4 is 15.6 Å². The highest BCUT2D eigenvalue weighted by Crippen LogP contribution is 2.24. The molecular weight excluding hydrogens is 442 g/mol. The Labute approximate surface area is 192 Å². The Morgan fingerprint density at radius 3 is 2.48 bits per heavy atom. The lowest BCUT2D eigenvalue weighted by Gasteiger charge is -2.16. The number of rotatable bonds is 7. The van der Waals surface area contributed by atoms with E-state index in [1.54, 1.807) is 18.2 Å². The summed E-state index contributed by atoms with van der Waals surface area (Å²) in [6.45, 7) is -0.0939. The Morgan fingerprint density at radius 2 is 1.70 bits per heavy atom. The van der Waals surface area contributed by atoms with Crippen molar-refractivity contribution in [1.29, 1.82) is 0 Å². The summed E-state index contributed by atoms with van der Waals surface area (Å²) in [6.07, 6.45) is 3.90. The number of carbonyl (C=O) groups is 2. The van der Waals surface area contributed by atoms with Crippen molar-refractivity contribution in [2.45, 2.75) is 37.0 Å². The van der Waals surface area contributed by atoms with Crippen molar-refractivity contribution in [3.05, 3.63) is 71.4 Å². The zero-order chi connectivity index (χ0) is 23.3. The van der Waals surface area contributed by atoms with Crippen LogP contribution in [0.5, 0.6) is 0 Å². The van der Waals surface area contributed by atoms with Gasteiger partial charge in [0.25, 0.3) is 5.91 Å². The Bertz CT molecular complexity index is 1250. The van der Waals surface area contributed by atoms with Crippen molar-refractivity contribution in [2.75, 3.05) is 6.54 Å². The van der Waals surface area contributed by atoms with Gasteiger partial charge in [0.05, 0.1) is 10.6 Å². The van der Waals surface area contributed by atoms with Gasteiger partial charge in [-0.2, -0.15) is 5.10 Å². The molecule has 0 spiro atoms. The Balaban J connectivity index is 1.24. The van der Waals surface area contributed by atoms with E-state index < -0.39 is 21.8 Å². The maximum atomic E-state index is 12.5. The van der Waals surface area contributed by atoms with Crippen LogP contribution in [0, 0.1) is 0 Å². The van der Waals surface area contributed by atoms with Crippen LogP contribution in [0.1, 0.15) is 40.9 Å². The lowest BCUT2D eigenvalue weighted by atomic mass is 9.92. The number of carbonyl (C=O) groups excluding carboxylic acids is 2. The molecule has 0 saturated carbocycles. The van der Waals surface area contributed by atoms with E-state index in [0.717, 1.165) is 36.8 Å². The van der Waals surface area contributed by atoms with Gasteiger partial charge >= 0.3 is 0 Å². The number of hydrazine groups is 1. The molecular formula is C23H25N5O4S. The largest absolute Gasteiger partial charge is 0.287 e. The molecule has 9 nitrogen and oxygen atoms in total. The normalized spacial score (nSPS) is 13.2. The van der Waals surface area contributed by atoms with Crippen LogP contribution in [-0.2, 0) is 27.7 Å². The first-order chi connectivity index (χ1) is 15.9. The summed E-state index contributed by atoms with van der Waals surface area (Å²) < 4.78 is 27.5. The molecule has 0 radical (unpaired) electrons. The van der Waals surface area contributed by atoms with Gasteiger partial charge in [0.15, 0.2) is 0 Å². The quantitative estimate of drug-likeness (QED) is 0.395. The third-order valence-electron chi connectivity index (χ3n) is 5.48. The number of aromatic amines is 1. The highest BCUT2D eigenvalue weighted by Gasteiger charge is 2.18. The molecule has 0 saturated heterocycles. The molecule has 1 aliphatic carbocycles. The number of aryl methyl sites for hydroxylation is 2. The predicted octanol–water partition coefficient (Wildman–Crippen LogP) is 2.09. The molecule has 0 aliphatic heterocycles. The standard InChI is InChI=1S/C23H25N5O4S/c29-22(27-28-23(30)21-15-20(25-26-21)17-7-2-1-3-8-17)12-13-24-33(31,32)19-11-10-16-6-4-5-9-18(16)14-19/h1-3,7-8,10-11,14-15,24H,4-6,9,12-13H2,(H,25,26)(H,27,29)(H,28,30). The molecule has 33 heavy (non-hydrogen) atoms. The number of amides is 2. The number of fused-ring (bicyclic) bond motifs is 1. The first-order valence-electron chi connectivity index (χ1n) is 10.7. The second-order valence-electron chi connectivity index (χ2n) is 7.82. The average molecular weight is 468 g/mol. The Hall–Kier alpha value is -3.50. The summed E-state index contributed by atoms with van der Waals surface area (Å²) in [5, 5.41) is 6.72. The first kappa shape index (κ1) is 22.7. The molecule has 1 heterocycles. The lowest BCUT2D eigenvalue weighted by molar-refractivity contribution is -0.121. The molecule has 0 fully saturated rings. The lowest BCUT2D eigenvalue weighted by Crippen LogP contribution is -2.43. The summed E-state index contributed by atoms with van der Waals surface area (Å²) in [7, 11) is -3.72. The number of hydrogen-bond donors (Lipinski definition) is 4. The minimum Gasteiger partial charge on any atom is -0.273 e. The van der Waals surface area contributed by atoms with Crippen LogP contribution in [0.3, 0.4) is 0 Å². The summed E-state index contributed by atoms with van der Waals surface area (Å²) in [5.41, 5.74) is 8.47. The third kappa shape index (κ3) is 5.65. The van der Waals surface area contributed by atoms with E-state index in [4.69, 9.17) is 0 Å². The van der Waals surface area contributed by atoms with Gasteiger partial charge in [0, 0.05) is 18.5 Å². The number of nitrogens with one attached hydrogen (secondary N) is 4. The van der Waals surface area contributed by atoms with E-state index >= 15 is 0 Å². The minimum atomic E-state index is -3.72. The summed E-state index contributed by atoms with van der Waals surface area (Å²) in [4.78, 5) is 24.5. The van der Waals surface area contributed by atoms with E-state index in [9.17, 15) is 18.0 Å². The molecule has 0 atom stereocenters. The highest BCUT2D eigenvalue weighted by atomic mass is 32.2. The number of aromatic nitrogens is 2. The van der Waals surface area contributed by atoms with Crippen LogP contribution in [0.15, 0.2) is 59.5 Å². The predicted molar refractivity (Wildman–Crippen MR) is 123 cm³/mol. The molecule has 4 rings (SSSR count). The number of sulfonamides is 1.